The Morgan fingerprint density at radius 1 is 1.26 bits per heavy atom. The zero-order valence-corrected chi connectivity index (χ0v) is 13.5. The topological polar surface area (TPSA) is 60.7 Å². The van der Waals surface area contributed by atoms with Crippen LogP contribution in [0.25, 0.3) is 0 Å². The molecule has 0 amide bonds. The first-order valence-electron chi connectivity index (χ1n) is 7.69. The molecule has 3 rings (SSSR count). The van der Waals surface area contributed by atoms with Gasteiger partial charge in [-0.3, -0.25) is 4.57 Å². The van der Waals surface area contributed by atoms with Crippen molar-refractivity contribution >= 4 is 6.09 Å². The number of benzene rings is 1. The van der Waals surface area contributed by atoms with E-state index in [0.717, 1.165) is 11.3 Å². The lowest BCUT2D eigenvalue weighted by atomic mass is 9.89. The summed E-state index contributed by atoms with van der Waals surface area (Å²) in [6, 6.07) is 11.3. The van der Waals surface area contributed by atoms with Crippen molar-refractivity contribution in [1.29, 1.82) is 0 Å². The van der Waals surface area contributed by atoms with E-state index in [0.29, 0.717) is 12.2 Å². The van der Waals surface area contributed by atoms with Gasteiger partial charge < -0.3 is 14.6 Å². The van der Waals surface area contributed by atoms with Crippen molar-refractivity contribution in [2.45, 2.75) is 45.0 Å². The normalized spacial score (nSPS) is 20.5. The van der Waals surface area contributed by atoms with Crippen molar-refractivity contribution in [3.8, 4) is 5.75 Å². The quantitative estimate of drug-likeness (QED) is 0.875. The van der Waals surface area contributed by atoms with Crippen LogP contribution in [-0.2, 0) is 4.74 Å². The Morgan fingerprint density at radius 3 is 2.74 bits per heavy atom. The molecule has 23 heavy (non-hydrogen) atoms. The predicted octanol–water partition coefficient (Wildman–Crippen LogP) is 3.50. The van der Waals surface area contributed by atoms with Crippen LogP contribution in [0.5, 0.6) is 5.75 Å². The van der Waals surface area contributed by atoms with Crippen molar-refractivity contribution in [2.24, 2.45) is 0 Å². The number of nitrogens with zero attached hydrogens (tertiary/aromatic N) is 1. The molecule has 1 aliphatic rings. The van der Waals surface area contributed by atoms with E-state index in [2.05, 4.69) is 0 Å². The third kappa shape index (κ3) is 3.24. The van der Waals surface area contributed by atoms with Gasteiger partial charge in [0.2, 0.25) is 0 Å². The van der Waals surface area contributed by atoms with Crippen LogP contribution in [0.3, 0.4) is 0 Å². The van der Waals surface area contributed by atoms with E-state index in [4.69, 9.17) is 9.47 Å². The van der Waals surface area contributed by atoms with E-state index in [9.17, 15) is 9.90 Å². The predicted molar refractivity (Wildman–Crippen MR) is 85.6 cm³/mol. The number of aliphatic hydroxyl groups is 1. The summed E-state index contributed by atoms with van der Waals surface area (Å²) in [7, 11) is 0. The minimum Gasteiger partial charge on any atom is -0.465 e. The first-order valence-corrected chi connectivity index (χ1v) is 7.69. The van der Waals surface area contributed by atoms with Crippen molar-refractivity contribution in [3.63, 3.8) is 0 Å². The van der Waals surface area contributed by atoms with Gasteiger partial charge in [0.05, 0.1) is 0 Å². The number of rotatable bonds is 1. The van der Waals surface area contributed by atoms with Gasteiger partial charge in [-0.1, -0.05) is 18.2 Å². The highest BCUT2D eigenvalue weighted by Crippen LogP contribution is 2.39. The van der Waals surface area contributed by atoms with Crippen LogP contribution in [0, 0.1) is 0 Å². The van der Waals surface area contributed by atoms with E-state index in [-0.39, 0.29) is 5.92 Å². The number of aliphatic hydroxyl groups excluding tert-OH is 1. The van der Waals surface area contributed by atoms with Gasteiger partial charge in [-0.25, -0.2) is 4.79 Å². The molecule has 1 aliphatic heterocycles. The maximum Gasteiger partial charge on any atom is 0.418 e. The number of carbonyl (C=O) groups excluding carboxylic acids is 1. The molecule has 0 radical (unpaired) electrons. The number of ether oxygens (including phenoxy) is 2. The molecule has 0 spiro atoms. The number of hydrogen-bond acceptors (Lipinski definition) is 4. The molecule has 0 bridgehead atoms. The van der Waals surface area contributed by atoms with Crippen molar-refractivity contribution < 1.29 is 19.4 Å². The standard InChI is InChI=1S/C18H21NO4/c1-18(2,3)23-17(21)19-10-6-8-14(19)13-11-16(20)22-15-9-5-4-7-12(13)15/h4-10,13,16,20H,11H2,1-3H3. The second kappa shape index (κ2) is 5.74. The summed E-state index contributed by atoms with van der Waals surface area (Å²) in [5, 5.41) is 9.99. The van der Waals surface area contributed by atoms with Gasteiger partial charge in [0.15, 0.2) is 6.29 Å². The summed E-state index contributed by atoms with van der Waals surface area (Å²) in [6.45, 7) is 5.50. The van der Waals surface area contributed by atoms with Crippen LogP contribution in [0.1, 0.15) is 44.4 Å². The smallest absolute Gasteiger partial charge is 0.418 e. The van der Waals surface area contributed by atoms with Crippen molar-refractivity contribution in [3.05, 3.63) is 53.9 Å². The molecule has 122 valence electrons. The molecule has 5 nitrogen and oxygen atoms in total. The first kappa shape index (κ1) is 15.6. The Bertz CT molecular complexity index is 714. The van der Waals surface area contributed by atoms with Crippen LogP contribution >= 0.6 is 0 Å². The Balaban J connectivity index is 1.98. The van der Waals surface area contributed by atoms with Gasteiger partial charge in [0.1, 0.15) is 11.4 Å². The number of carbonyl (C=O) groups is 1. The van der Waals surface area contributed by atoms with E-state index in [1.54, 1.807) is 6.20 Å². The second-order valence-electron chi connectivity index (χ2n) is 6.68. The molecule has 2 aromatic rings. The fraction of sp³-hybridized carbons (Fsp3) is 0.389. The highest BCUT2D eigenvalue weighted by molar-refractivity contribution is 5.72. The van der Waals surface area contributed by atoms with Crippen LogP contribution in [0.15, 0.2) is 42.6 Å². The second-order valence-corrected chi connectivity index (χ2v) is 6.68. The maximum absolute atomic E-state index is 12.4. The Labute approximate surface area is 135 Å². The monoisotopic (exact) mass is 315 g/mol. The lowest BCUT2D eigenvalue weighted by Gasteiger charge is -2.30. The molecule has 0 saturated carbocycles. The van der Waals surface area contributed by atoms with E-state index >= 15 is 0 Å². The molecule has 1 aromatic heterocycles. The summed E-state index contributed by atoms with van der Waals surface area (Å²) in [6.07, 6.45) is 0.769. The highest BCUT2D eigenvalue weighted by Gasteiger charge is 2.31. The van der Waals surface area contributed by atoms with Crippen LogP contribution in [0.4, 0.5) is 4.79 Å². The third-order valence-electron chi connectivity index (χ3n) is 3.72. The van der Waals surface area contributed by atoms with Gasteiger partial charge in [0, 0.05) is 29.8 Å². The van der Waals surface area contributed by atoms with E-state index in [1.807, 2.05) is 57.2 Å². The number of aromatic nitrogens is 1. The molecule has 1 aromatic carbocycles. The van der Waals surface area contributed by atoms with E-state index < -0.39 is 18.0 Å². The zero-order valence-electron chi connectivity index (χ0n) is 13.5. The average Bonchev–Trinajstić information content (AvgIpc) is 2.93. The summed E-state index contributed by atoms with van der Waals surface area (Å²) in [5.41, 5.74) is 1.18. The number of hydrogen-bond donors (Lipinski definition) is 1. The summed E-state index contributed by atoms with van der Waals surface area (Å²) in [4.78, 5) is 12.4. The third-order valence-corrected chi connectivity index (χ3v) is 3.72. The Morgan fingerprint density at radius 2 is 2.00 bits per heavy atom. The first-order chi connectivity index (χ1) is 10.8. The lowest BCUT2D eigenvalue weighted by molar-refractivity contribution is -0.0365. The summed E-state index contributed by atoms with van der Waals surface area (Å²) >= 11 is 0. The van der Waals surface area contributed by atoms with Gasteiger partial charge in [0.25, 0.3) is 0 Å². The average molecular weight is 315 g/mol. The zero-order chi connectivity index (χ0) is 16.6. The molecule has 0 aliphatic carbocycles. The molecular weight excluding hydrogens is 294 g/mol. The van der Waals surface area contributed by atoms with Crippen molar-refractivity contribution in [1.82, 2.24) is 4.57 Å². The van der Waals surface area contributed by atoms with Crippen molar-refractivity contribution in [2.75, 3.05) is 0 Å². The Hall–Kier alpha value is -2.27. The molecule has 0 saturated heterocycles. The maximum atomic E-state index is 12.4. The number of fused-ring (bicyclic) bond motifs is 1. The SMILES string of the molecule is CC(C)(C)OC(=O)n1cccc1C1CC(O)Oc2ccccc21. The van der Waals surface area contributed by atoms with Crippen LogP contribution in [0.2, 0.25) is 0 Å². The van der Waals surface area contributed by atoms with Gasteiger partial charge in [-0.15, -0.1) is 0 Å². The van der Waals surface area contributed by atoms with Gasteiger partial charge >= 0.3 is 6.09 Å². The minimum atomic E-state index is -0.892. The summed E-state index contributed by atoms with van der Waals surface area (Å²) < 4.78 is 12.4. The molecule has 1 N–H and O–H groups in total. The lowest BCUT2D eigenvalue weighted by Crippen LogP contribution is -2.30. The van der Waals surface area contributed by atoms with Gasteiger partial charge in [-0.2, -0.15) is 0 Å². The minimum absolute atomic E-state index is 0.127. The summed E-state index contributed by atoms with van der Waals surface area (Å²) in [5.74, 6) is 0.519. The molecule has 2 heterocycles. The fourth-order valence-electron chi connectivity index (χ4n) is 2.83. The van der Waals surface area contributed by atoms with Crippen LogP contribution in [-0.4, -0.2) is 27.7 Å². The van der Waals surface area contributed by atoms with E-state index in [1.165, 1.54) is 4.57 Å². The largest absolute Gasteiger partial charge is 0.465 e. The molecule has 2 atom stereocenters. The Kier molecular flexibility index (Phi) is 3.90. The molecule has 0 fully saturated rings. The van der Waals surface area contributed by atoms with Crippen LogP contribution < -0.4 is 4.74 Å². The fourth-order valence-corrected chi connectivity index (χ4v) is 2.83. The highest BCUT2D eigenvalue weighted by atomic mass is 16.6. The molecular formula is C18H21NO4. The molecule has 5 heteroatoms. The van der Waals surface area contributed by atoms with Gasteiger partial charge in [-0.05, 0) is 39.0 Å². The molecule has 2 unspecified atom stereocenters. The number of para-hydroxylation sites is 1.